The molecule has 0 radical (unpaired) electrons. The van der Waals surface area contributed by atoms with E-state index in [9.17, 15) is 4.79 Å². The van der Waals surface area contributed by atoms with Gasteiger partial charge in [-0.05, 0) is 43.5 Å². The molecule has 3 rings (SSSR count). The average molecular weight is 360 g/mol. The van der Waals surface area contributed by atoms with Gasteiger partial charge in [0, 0.05) is 30.4 Å². The third-order valence-electron chi connectivity index (χ3n) is 4.12. The van der Waals surface area contributed by atoms with Gasteiger partial charge in [-0.3, -0.25) is 4.79 Å². The Kier molecular flexibility index (Phi) is 5.96. The Balaban J connectivity index is 1.48. The highest BCUT2D eigenvalue weighted by molar-refractivity contribution is 7.99. The summed E-state index contributed by atoms with van der Waals surface area (Å²) in [5.74, 6) is 0.943. The van der Waals surface area contributed by atoms with Crippen LogP contribution in [0.3, 0.4) is 0 Å². The molecule has 1 amide bonds. The molecule has 1 aromatic heterocycles. The van der Waals surface area contributed by atoms with Gasteiger partial charge in [0.1, 0.15) is 0 Å². The number of nitrogens with one attached hydrogen (secondary N) is 1. The number of carbonyl (C=O) groups excluding carboxylic acids is 1. The van der Waals surface area contributed by atoms with Crippen LogP contribution in [0.1, 0.15) is 44.9 Å². The third kappa shape index (κ3) is 4.98. The summed E-state index contributed by atoms with van der Waals surface area (Å²) < 4.78 is 5.48. The van der Waals surface area contributed by atoms with Crippen molar-refractivity contribution < 1.29 is 9.21 Å². The van der Waals surface area contributed by atoms with E-state index < -0.39 is 0 Å². The number of hydrogen-bond acceptors (Lipinski definition) is 6. The lowest BCUT2D eigenvalue weighted by atomic mass is 10.1. The Morgan fingerprint density at radius 3 is 2.56 bits per heavy atom. The molecule has 2 aromatic rings. The number of nitrogens with zero attached hydrogens (tertiary/aromatic N) is 3. The molecule has 1 aromatic carbocycles. The number of benzene rings is 1. The van der Waals surface area contributed by atoms with Crippen LogP contribution < -0.4 is 10.2 Å². The van der Waals surface area contributed by atoms with Gasteiger partial charge in [-0.25, -0.2) is 0 Å². The quantitative estimate of drug-likeness (QED) is 0.788. The molecule has 0 atom stereocenters. The molecule has 0 bridgehead atoms. The van der Waals surface area contributed by atoms with Crippen LogP contribution in [0, 0.1) is 0 Å². The minimum atomic E-state index is -0.0833. The fourth-order valence-electron chi connectivity index (χ4n) is 2.74. The van der Waals surface area contributed by atoms with Crippen molar-refractivity contribution in [3.63, 3.8) is 0 Å². The molecule has 1 N–H and O–H groups in total. The van der Waals surface area contributed by atoms with Crippen molar-refractivity contribution in [3.05, 3.63) is 30.2 Å². The van der Waals surface area contributed by atoms with Crippen LogP contribution in [-0.2, 0) is 4.79 Å². The summed E-state index contributed by atoms with van der Waals surface area (Å²) in [7, 11) is 0. The monoisotopic (exact) mass is 360 g/mol. The fraction of sp³-hybridized carbons (Fsp3) is 0.500. The van der Waals surface area contributed by atoms with E-state index in [1.165, 1.54) is 36.7 Å². The second kappa shape index (κ2) is 8.38. The van der Waals surface area contributed by atoms with Crippen molar-refractivity contribution in [2.75, 3.05) is 29.1 Å². The predicted octanol–water partition coefficient (Wildman–Crippen LogP) is 3.91. The van der Waals surface area contributed by atoms with Crippen molar-refractivity contribution >= 4 is 29.0 Å². The number of piperidine rings is 1. The van der Waals surface area contributed by atoms with Crippen LogP contribution in [-0.4, -0.2) is 34.9 Å². The van der Waals surface area contributed by atoms with E-state index in [0.29, 0.717) is 11.1 Å². The van der Waals surface area contributed by atoms with Gasteiger partial charge < -0.3 is 14.6 Å². The highest BCUT2D eigenvalue weighted by Gasteiger charge is 2.13. The molecule has 1 aliphatic heterocycles. The number of aromatic nitrogens is 2. The first-order chi connectivity index (χ1) is 12.1. The average Bonchev–Trinajstić information content (AvgIpc) is 3.11. The molecule has 0 spiro atoms. The Bertz CT molecular complexity index is 693. The van der Waals surface area contributed by atoms with E-state index in [2.05, 4.69) is 32.5 Å². The van der Waals surface area contributed by atoms with E-state index in [-0.39, 0.29) is 17.6 Å². The molecule has 25 heavy (non-hydrogen) atoms. The highest BCUT2D eigenvalue weighted by Crippen LogP contribution is 2.23. The van der Waals surface area contributed by atoms with Crippen molar-refractivity contribution in [1.29, 1.82) is 0 Å². The van der Waals surface area contributed by atoms with Crippen LogP contribution in [0.25, 0.3) is 0 Å². The van der Waals surface area contributed by atoms with Gasteiger partial charge in [-0.15, -0.1) is 10.2 Å². The molecule has 2 heterocycles. The van der Waals surface area contributed by atoms with Crippen LogP contribution in [0.2, 0.25) is 0 Å². The van der Waals surface area contributed by atoms with Crippen molar-refractivity contribution in [1.82, 2.24) is 10.2 Å². The Morgan fingerprint density at radius 2 is 1.92 bits per heavy atom. The molecule has 134 valence electrons. The molecule has 0 unspecified atom stereocenters. The van der Waals surface area contributed by atoms with Gasteiger partial charge in [0.05, 0.1) is 5.75 Å². The minimum absolute atomic E-state index is 0.0833. The largest absolute Gasteiger partial charge is 0.416 e. The molecule has 1 fully saturated rings. The summed E-state index contributed by atoms with van der Waals surface area (Å²) in [6.45, 7) is 6.21. The lowest BCUT2D eigenvalue weighted by molar-refractivity contribution is -0.113. The number of hydrogen-bond donors (Lipinski definition) is 1. The number of rotatable bonds is 6. The first-order valence-electron chi connectivity index (χ1n) is 8.73. The highest BCUT2D eigenvalue weighted by atomic mass is 32.2. The van der Waals surface area contributed by atoms with Crippen molar-refractivity contribution in [2.45, 2.75) is 44.3 Å². The van der Waals surface area contributed by atoms with E-state index in [4.69, 9.17) is 4.42 Å². The maximum absolute atomic E-state index is 12.1. The molecular formula is C18H24N4O2S. The maximum Gasteiger partial charge on any atom is 0.277 e. The van der Waals surface area contributed by atoms with Crippen LogP contribution in [0.5, 0.6) is 0 Å². The van der Waals surface area contributed by atoms with Gasteiger partial charge in [-0.2, -0.15) is 0 Å². The van der Waals surface area contributed by atoms with Gasteiger partial charge in [-0.1, -0.05) is 25.6 Å². The zero-order chi connectivity index (χ0) is 17.6. The second-order valence-corrected chi connectivity index (χ2v) is 7.42. The molecule has 0 aliphatic carbocycles. The summed E-state index contributed by atoms with van der Waals surface area (Å²) in [6, 6.07) is 8.05. The van der Waals surface area contributed by atoms with Crippen LogP contribution in [0.4, 0.5) is 11.4 Å². The molecular weight excluding hydrogens is 336 g/mol. The zero-order valence-electron chi connectivity index (χ0n) is 14.7. The van der Waals surface area contributed by atoms with Gasteiger partial charge in [0.15, 0.2) is 0 Å². The first-order valence-corrected chi connectivity index (χ1v) is 9.71. The Hall–Kier alpha value is -2.02. The third-order valence-corrected chi connectivity index (χ3v) is 4.93. The van der Waals surface area contributed by atoms with E-state index in [0.717, 1.165) is 18.8 Å². The normalized spacial score (nSPS) is 14.8. The predicted molar refractivity (Wildman–Crippen MR) is 100 cm³/mol. The Morgan fingerprint density at radius 1 is 1.20 bits per heavy atom. The lowest BCUT2D eigenvalue weighted by Gasteiger charge is -2.28. The Labute approximate surface area is 152 Å². The molecule has 6 nitrogen and oxygen atoms in total. The first kappa shape index (κ1) is 17.8. The standard InChI is InChI=1S/C18H24N4O2S/c1-13(2)17-20-21-18(24-17)25-12-16(23)19-14-6-8-15(9-7-14)22-10-4-3-5-11-22/h6-9,13H,3-5,10-12H2,1-2H3,(H,19,23). The van der Waals surface area contributed by atoms with E-state index >= 15 is 0 Å². The molecule has 1 saturated heterocycles. The lowest BCUT2D eigenvalue weighted by Crippen LogP contribution is -2.29. The number of anilines is 2. The summed E-state index contributed by atoms with van der Waals surface area (Å²) in [5, 5.41) is 11.2. The minimum Gasteiger partial charge on any atom is -0.416 e. The summed E-state index contributed by atoms with van der Waals surface area (Å²) in [6.07, 6.45) is 3.83. The van der Waals surface area contributed by atoms with E-state index in [1.54, 1.807) is 0 Å². The SMILES string of the molecule is CC(C)c1nnc(SCC(=O)Nc2ccc(N3CCCCC3)cc2)o1. The van der Waals surface area contributed by atoms with Gasteiger partial charge in [0.25, 0.3) is 5.22 Å². The smallest absolute Gasteiger partial charge is 0.277 e. The second-order valence-electron chi connectivity index (χ2n) is 6.49. The van der Waals surface area contributed by atoms with Crippen LogP contribution >= 0.6 is 11.8 Å². The van der Waals surface area contributed by atoms with Crippen molar-refractivity contribution in [2.24, 2.45) is 0 Å². The summed E-state index contributed by atoms with van der Waals surface area (Å²) in [4.78, 5) is 14.5. The van der Waals surface area contributed by atoms with E-state index in [1.807, 2.05) is 26.0 Å². The number of thioether (sulfide) groups is 1. The molecule has 0 saturated carbocycles. The summed E-state index contributed by atoms with van der Waals surface area (Å²) >= 11 is 1.25. The summed E-state index contributed by atoms with van der Waals surface area (Å²) in [5.41, 5.74) is 2.03. The zero-order valence-corrected chi connectivity index (χ0v) is 15.5. The van der Waals surface area contributed by atoms with Crippen molar-refractivity contribution in [3.8, 4) is 0 Å². The van der Waals surface area contributed by atoms with Gasteiger partial charge >= 0.3 is 0 Å². The maximum atomic E-state index is 12.1. The topological polar surface area (TPSA) is 71.3 Å². The fourth-order valence-corrected chi connectivity index (χ4v) is 3.31. The van der Waals surface area contributed by atoms with Crippen LogP contribution in [0.15, 0.2) is 33.9 Å². The number of carbonyl (C=O) groups is 1. The van der Waals surface area contributed by atoms with Gasteiger partial charge in [0.2, 0.25) is 11.8 Å². The molecule has 1 aliphatic rings. The number of amides is 1. The molecule has 7 heteroatoms.